The zero-order valence-corrected chi connectivity index (χ0v) is 11.7. The minimum absolute atomic E-state index is 0.0594. The molecule has 0 saturated carbocycles. The van der Waals surface area contributed by atoms with Gasteiger partial charge in [0.1, 0.15) is 0 Å². The summed E-state index contributed by atoms with van der Waals surface area (Å²) in [6, 6.07) is 7.86. The average molecular weight is 263 g/mol. The van der Waals surface area contributed by atoms with Gasteiger partial charge in [0.15, 0.2) is 0 Å². The lowest BCUT2D eigenvalue weighted by molar-refractivity contribution is -0.144. The topological polar surface area (TPSA) is 55.4 Å². The molecule has 104 valence electrons. The van der Waals surface area contributed by atoms with Crippen molar-refractivity contribution >= 4 is 11.9 Å². The van der Waals surface area contributed by atoms with Crippen LogP contribution in [0.5, 0.6) is 0 Å². The first-order valence-electron chi connectivity index (χ1n) is 6.55. The molecule has 1 amide bonds. The normalized spacial score (nSPS) is 11.7. The molecule has 0 heterocycles. The maximum atomic E-state index is 11.7. The van der Waals surface area contributed by atoms with Crippen LogP contribution in [-0.4, -0.2) is 18.5 Å². The Balaban J connectivity index is 2.44. The van der Waals surface area contributed by atoms with Crippen molar-refractivity contribution < 1.29 is 14.3 Å². The van der Waals surface area contributed by atoms with Crippen LogP contribution < -0.4 is 5.32 Å². The minimum atomic E-state index is -0.332. The van der Waals surface area contributed by atoms with Crippen molar-refractivity contribution in [2.45, 2.75) is 39.7 Å². The Hall–Kier alpha value is -1.84. The van der Waals surface area contributed by atoms with Gasteiger partial charge in [-0.1, -0.05) is 24.3 Å². The summed E-state index contributed by atoms with van der Waals surface area (Å²) in [5.74, 6) is -0.468. The van der Waals surface area contributed by atoms with E-state index in [9.17, 15) is 9.59 Å². The molecular formula is C15H21NO3. The third-order valence-electron chi connectivity index (χ3n) is 2.89. The molecule has 1 aromatic rings. The Morgan fingerprint density at radius 1 is 1.26 bits per heavy atom. The number of aryl methyl sites for hydroxylation is 1. The van der Waals surface area contributed by atoms with Gasteiger partial charge in [0.2, 0.25) is 5.91 Å². The summed E-state index contributed by atoms with van der Waals surface area (Å²) >= 11 is 0. The molecule has 1 N–H and O–H groups in total. The summed E-state index contributed by atoms with van der Waals surface area (Å²) in [6.45, 7) is 6.04. The fraction of sp³-hybridized carbons (Fsp3) is 0.467. The van der Waals surface area contributed by atoms with E-state index in [0.29, 0.717) is 6.61 Å². The maximum absolute atomic E-state index is 11.7. The number of esters is 1. The van der Waals surface area contributed by atoms with E-state index in [-0.39, 0.29) is 30.8 Å². The molecule has 0 radical (unpaired) electrons. The summed E-state index contributed by atoms with van der Waals surface area (Å²) in [5, 5.41) is 2.89. The number of carbonyl (C=O) groups excluding carboxylic acids is 2. The molecule has 4 nitrogen and oxygen atoms in total. The number of rotatable bonds is 6. The van der Waals surface area contributed by atoms with Crippen LogP contribution in [0.15, 0.2) is 24.3 Å². The molecule has 4 heteroatoms. The molecule has 0 unspecified atom stereocenters. The van der Waals surface area contributed by atoms with E-state index in [0.717, 1.165) is 11.1 Å². The highest BCUT2D eigenvalue weighted by atomic mass is 16.5. The third kappa shape index (κ3) is 5.12. The van der Waals surface area contributed by atoms with Crippen molar-refractivity contribution in [3.8, 4) is 0 Å². The van der Waals surface area contributed by atoms with Crippen LogP contribution in [0.25, 0.3) is 0 Å². The highest BCUT2D eigenvalue weighted by Crippen LogP contribution is 2.16. The van der Waals surface area contributed by atoms with Crippen molar-refractivity contribution in [2.24, 2.45) is 0 Å². The average Bonchev–Trinajstić information content (AvgIpc) is 2.37. The number of carbonyl (C=O) groups is 2. The monoisotopic (exact) mass is 263 g/mol. The predicted octanol–water partition coefficient (Wildman–Crippen LogP) is 2.52. The Labute approximate surface area is 114 Å². The van der Waals surface area contributed by atoms with Gasteiger partial charge in [-0.2, -0.15) is 0 Å². The molecule has 0 aromatic heterocycles. The number of amides is 1. The molecule has 0 fully saturated rings. The van der Waals surface area contributed by atoms with Crippen LogP contribution in [-0.2, 0) is 14.3 Å². The van der Waals surface area contributed by atoms with Crippen LogP contribution in [0.1, 0.15) is 43.9 Å². The Morgan fingerprint density at radius 3 is 2.58 bits per heavy atom. The van der Waals surface area contributed by atoms with Crippen LogP contribution in [0.4, 0.5) is 0 Å². The predicted molar refractivity (Wildman–Crippen MR) is 73.6 cm³/mol. The molecule has 19 heavy (non-hydrogen) atoms. The van der Waals surface area contributed by atoms with Gasteiger partial charge in [-0.25, -0.2) is 0 Å². The fourth-order valence-corrected chi connectivity index (χ4v) is 1.91. The molecule has 0 aliphatic heterocycles. The van der Waals surface area contributed by atoms with Gasteiger partial charge in [0.05, 0.1) is 19.1 Å². The molecule has 1 atom stereocenters. The molecule has 0 aliphatic rings. The zero-order chi connectivity index (χ0) is 14.3. The summed E-state index contributed by atoms with van der Waals surface area (Å²) in [6.07, 6.45) is 0.287. The van der Waals surface area contributed by atoms with Gasteiger partial charge >= 0.3 is 5.97 Å². The van der Waals surface area contributed by atoms with Crippen LogP contribution in [0.3, 0.4) is 0 Å². The highest BCUT2D eigenvalue weighted by Gasteiger charge is 2.12. The van der Waals surface area contributed by atoms with E-state index in [1.165, 1.54) is 0 Å². The molecule has 0 spiro atoms. The second-order valence-corrected chi connectivity index (χ2v) is 4.45. The Morgan fingerprint density at radius 2 is 1.95 bits per heavy atom. The number of benzene rings is 1. The van der Waals surface area contributed by atoms with E-state index < -0.39 is 0 Å². The second-order valence-electron chi connectivity index (χ2n) is 4.45. The lowest BCUT2D eigenvalue weighted by Crippen LogP contribution is -2.27. The number of hydrogen-bond acceptors (Lipinski definition) is 3. The fourth-order valence-electron chi connectivity index (χ4n) is 1.91. The molecule has 0 aliphatic carbocycles. The zero-order valence-electron chi connectivity index (χ0n) is 11.7. The lowest BCUT2D eigenvalue weighted by atomic mass is 10.0. The lowest BCUT2D eigenvalue weighted by Gasteiger charge is -2.16. The van der Waals surface area contributed by atoms with Gasteiger partial charge in [-0.05, 0) is 31.9 Å². The quantitative estimate of drug-likeness (QED) is 0.802. The standard InChI is InChI=1S/C15H21NO3/c1-4-19-15(18)10-9-14(17)16-12(3)13-8-6-5-7-11(13)2/h5-8,12H,4,9-10H2,1-3H3,(H,16,17)/t12-/m1/s1. The van der Waals surface area contributed by atoms with Crippen molar-refractivity contribution in [1.82, 2.24) is 5.32 Å². The number of ether oxygens (including phenoxy) is 1. The van der Waals surface area contributed by atoms with Gasteiger partial charge in [-0.15, -0.1) is 0 Å². The first-order chi connectivity index (χ1) is 9.04. The first-order valence-corrected chi connectivity index (χ1v) is 6.55. The van der Waals surface area contributed by atoms with Crippen molar-refractivity contribution in [3.05, 3.63) is 35.4 Å². The van der Waals surface area contributed by atoms with Gasteiger partial charge < -0.3 is 10.1 Å². The highest BCUT2D eigenvalue weighted by molar-refractivity contribution is 5.81. The van der Waals surface area contributed by atoms with Crippen molar-refractivity contribution in [1.29, 1.82) is 0 Å². The van der Waals surface area contributed by atoms with E-state index >= 15 is 0 Å². The second kappa shape index (κ2) is 7.56. The third-order valence-corrected chi connectivity index (χ3v) is 2.89. The largest absolute Gasteiger partial charge is 0.466 e. The van der Waals surface area contributed by atoms with Crippen LogP contribution in [0.2, 0.25) is 0 Å². The molecule has 0 bridgehead atoms. The molecule has 1 rings (SSSR count). The van der Waals surface area contributed by atoms with E-state index in [4.69, 9.17) is 4.74 Å². The van der Waals surface area contributed by atoms with E-state index in [1.807, 2.05) is 38.1 Å². The number of nitrogens with one attached hydrogen (secondary N) is 1. The molecule has 0 saturated heterocycles. The van der Waals surface area contributed by atoms with Gasteiger partial charge in [0, 0.05) is 6.42 Å². The van der Waals surface area contributed by atoms with E-state index in [1.54, 1.807) is 6.92 Å². The Kier molecular flexibility index (Phi) is 6.06. The van der Waals surface area contributed by atoms with E-state index in [2.05, 4.69) is 5.32 Å². The van der Waals surface area contributed by atoms with Gasteiger partial charge in [0.25, 0.3) is 0 Å². The summed E-state index contributed by atoms with van der Waals surface area (Å²) in [7, 11) is 0. The molecule has 1 aromatic carbocycles. The maximum Gasteiger partial charge on any atom is 0.306 e. The summed E-state index contributed by atoms with van der Waals surface area (Å²) < 4.78 is 4.78. The summed E-state index contributed by atoms with van der Waals surface area (Å²) in [4.78, 5) is 22.9. The summed E-state index contributed by atoms with van der Waals surface area (Å²) in [5.41, 5.74) is 2.23. The Bertz CT molecular complexity index is 443. The minimum Gasteiger partial charge on any atom is -0.466 e. The van der Waals surface area contributed by atoms with Crippen molar-refractivity contribution in [2.75, 3.05) is 6.61 Å². The molecular weight excluding hydrogens is 242 g/mol. The van der Waals surface area contributed by atoms with Crippen LogP contribution >= 0.6 is 0 Å². The first kappa shape index (κ1) is 15.2. The van der Waals surface area contributed by atoms with Crippen molar-refractivity contribution in [3.63, 3.8) is 0 Å². The van der Waals surface area contributed by atoms with Gasteiger partial charge in [-0.3, -0.25) is 9.59 Å². The van der Waals surface area contributed by atoms with Crippen LogP contribution in [0, 0.1) is 6.92 Å². The smallest absolute Gasteiger partial charge is 0.306 e. The SMILES string of the molecule is CCOC(=O)CCC(=O)N[C@H](C)c1ccccc1C. The number of hydrogen-bond donors (Lipinski definition) is 1.